The Bertz CT molecular complexity index is 817. The summed E-state index contributed by atoms with van der Waals surface area (Å²) in [5.41, 5.74) is 1.52. The van der Waals surface area contributed by atoms with E-state index in [0.717, 1.165) is 10.5 Å². The van der Waals surface area contributed by atoms with Crippen LogP contribution in [-0.2, 0) is 9.59 Å². The van der Waals surface area contributed by atoms with E-state index < -0.39 is 0 Å². The predicted molar refractivity (Wildman–Crippen MR) is 90.5 cm³/mol. The van der Waals surface area contributed by atoms with Gasteiger partial charge in [-0.3, -0.25) is 19.3 Å². The van der Waals surface area contributed by atoms with Crippen molar-refractivity contribution in [1.29, 1.82) is 0 Å². The minimum absolute atomic E-state index is 0.191. The van der Waals surface area contributed by atoms with E-state index in [9.17, 15) is 18.8 Å². The lowest BCUT2D eigenvalue weighted by molar-refractivity contribution is -0.121. The quantitative estimate of drug-likeness (QED) is 0.870. The second kappa shape index (κ2) is 6.84. The van der Waals surface area contributed by atoms with Crippen LogP contribution in [0.2, 0.25) is 0 Å². The minimum atomic E-state index is -0.338. The van der Waals surface area contributed by atoms with Crippen molar-refractivity contribution in [3.63, 3.8) is 0 Å². The van der Waals surface area contributed by atoms with Gasteiger partial charge in [0.1, 0.15) is 5.82 Å². The highest BCUT2D eigenvalue weighted by Gasteiger charge is 2.30. The molecular formula is C19H17FN2O3. The molecule has 2 aromatic carbocycles. The summed E-state index contributed by atoms with van der Waals surface area (Å²) in [6, 6.07) is 12.0. The first-order chi connectivity index (χ1) is 12.0. The third-order valence-electron chi connectivity index (χ3n) is 4.14. The topological polar surface area (TPSA) is 66.5 Å². The zero-order chi connectivity index (χ0) is 18.0. The van der Waals surface area contributed by atoms with Gasteiger partial charge in [-0.2, -0.15) is 0 Å². The third kappa shape index (κ3) is 3.57. The van der Waals surface area contributed by atoms with Gasteiger partial charge in [-0.1, -0.05) is 18.2 Å². The molecule has 0 aromatic heterocycles. The van der Waals surface area contributed by atoms with Crippen LogP contribution >= 0.6 is 0 Å². The molecule has 25 heavy (non-hydrogen) atoms. The summed E-state index contributed by atoms with van der Waals surface area (Å²) >= 11 is 0. The lowest BCUT2D eigenvalue weighted by atomic mass is 10.1. The summed E-state index contributed by atoms with van der Waals surface area (Å²) in [6.07, 6.45) is 0.383. The van der Waals surface area contributed by atoms with E-state index in [1.54, 1.807) is 37.3 Å². The number of carbonyl (C=O) groups excluding carboxylic acids is 3. The molecule has 1 aliphatic rings. The molecule has 3 rings (SSSR count). The highest BCUT2D eigenvalue weighted by Crippen LogP contribution is 2.23. The summed E-state index contributed by atoms with van der Waals surface area (Å²) < 4.78 is 13.0. The van der Waals surface area contributed by atoms with Crippen molar-refractivity contribution in [2.24, 2.45) is 0 Å². The van der Waals surface area contributed by atoms with Gasteiger partial charge >= 0.3 is 0 Å². The molecule has 1 saturated heterocycles. The Labute approximate surface area is 144 Å². The van der Waals surface area contributed by atoms with Crippen LogP contribution in [0.3, 0.4) is 0 Å². The molecule has 2 aromatic rings. The first-order valence-corrected chi connectivity index (χ1v) is 7.98. The van der Waals surface area contributed by atoms with Crippen molar-refractivity contribution in [3.05, 3.63) is 65.5 Å². The minimum Gasteiger partial charge on any atom is -0.346 e. The summed E-state index contributed by atoms with van der Waals surface area (Å²) in [5, 5.41) is 2.82. The number of rotatable bonds is 4. The monoisotopic (exact) mass is 340 g/mol. The molecule has 0 radical (unpaired) electrons. The van der Waals surface area contributed by atoms with Crippen molar-refractivity contribution < 1.29 is 18.8 Å². The number of amides is 3. The lowest BCUT2D eigenvalue weighted by Crippen LogP contribution is -2.30. The van der Waals surface area contributed by atoms with Gasteiger partial charge in [-0.05, 0) is 42.8 Å². The maximum Gasteiger partial charge on any atom is 0.251 e. The number of imide groups is 1. The van der Waals surface area contributed by atoms with Gasteiger partial charge in [-0.25, -0.2) is 4.39 Å². The highest BCUT2D eigenvalue weighted by molar-refractivity contribution is 6.20. The van der Waals surface area contributed by atoms with Crippen LogP contribution in [0.25, 0.3) is 0 Å². The number of benzene rings is 2. The molecule has 1 atom stereocenters. The molecule has 0 spiro atoms. The standard InChI is InChI=1S/C19H17FN2O3/c1-12(13-5-7-15(20)8-6-13)21-19(25)14-3-2-4-16(11-14)22-17(23)9-10-18(22)24/h2-8,11-12H,9-10H2,1H3,(H,21,25). The van der Waals surface area contributed by atoms with Crippen LogP contribution in [0.4, 0.5) is 10.1 Å². The molecule has 0 aliphatic carbocycles. The van der Waals surface area contributed by atoms with E-state index in [1.807, 2.05) is 0 Å². The Kier molecular flexibility index (Phi) is 4.61. The van der Waals surface area contributed by atoms with Gasteiger partial charge in [0.2, 0.25) is 11.8 Å². The van der Waals surface area contributed by atoms with Crippen molar-refractivity contribution in [2.45, 2.75) is 25.8 Å². The Morgan fingerprint density at radius 3 is 2.36 bits per heavy atom. The maximum atomic E-state index is 13.0. The number of halogens is 1. The fourth-order valence-corrected chi connectivity index (χ4v) is 2.77. The van der Waals surface area contributed by atoms with Gasteiger partial charge < -0.3 is 5.32 Å². The smallest absolute Gasteiger partial charge is 0.251 e. The van der Waals surface area contributed by atoms with E-state index in [1.165, 1.54) is 18.2 Å². The molecule has 3 amide bonds. The Hall–Kier alpha value is -3.02. The molecule has 1 fully saturated rings. The van der Waals surface area contributed by atoms with Crippen LogP contribution in [0.1, 0.15) is 41.7 Å². The van der Waals surface area contributed by atoms with Gasteiger partial charge in [-0.15, -0.1) is 0 Å². The van der Waals surface area contributed by atoms with Crippen LogP contribution in [0.5, 0.6) is 0 Å². The van der Waals surface area contributed by atoms with Crippen molar-refractivity contribution >= 4 is 23.4 Å². The average Bonchev–Trinajstić information content (AvgIpc) is 2.94. The number of nitrogens with one attached hydrogen (secondary N) is 1. The van der Waals surface area contributed by atoms with E-state index in [-0.39, 0.29) is 42.4 Å². The summed E-state index contributed by atoms with van der Waals surface area (Å²) in [6.45, 7) is 1.79. The predicted octanol–water partition coefficient (Wildman–Crippen LogP) is 2.97. The molecule has 1 aliphatic heterocycles. The second-order valence-electron chi connectivity index (χ2n) is 5.92. The highest BCUT2D eigenvalue weighted by atomic mass is 19.1. The molecule has 128 valence electrons. The van der Waals surface area contributed by atoms with Crippen molar-refractivity contribution in [2.75, 3.05) is 4.90 Å². The molecule has 1 N–H and O–H groups in total. The fourth-order valence-electron chi connectivity index (χ4n) is 2.77. The number of anilines is 1. The summed E-state index contributed by atoms with van der Waals surface area (Å²) in [4.78, 5) is 37.2. The lowest BCUT2D eigenvalue weighted by Gasteiger charge is -2.17. The van der Waals surface area contributed by atoms with Gasteiger partial charge in [0.05, 0.1) is 11.7 Å². The first-order valence-electron chi connectivity index (χ1n) is 7.98. The second-order valence-corrected chi connectivity index (χ2v) is 5.92. The van der Waals surface area contributed by atoms with Gasteiger partial charge in [0.15, 0.2) is 0 Å². The average molecular weight is 340 g/mol. The van der Waals surface area contributed by atoms with Crippen LogP contribution in [0.15, 0.2) is 48.5 Å². The first kappa shape index (κ1) is 16.8. The molecule has 5 nitrogen and oxygen atoms in total. The fraction of sp³-hybridized carbons (Fsp3) is 0.211. The Balaban J connectivity index is 1.76. The number of carbonyl (C=O) groups is 3. The van der Waals surface area contributed by atoms with Crippen molar-refractivity contribution in [1.82, 2.24) is 5.32 Å². The molecule has 0 saturated carbocycles. The van der Waals surface area contributed by atoms with E-state index in [4.69, 9.17) is 0 Å². The normalized spacial score (nSPS) is 15.4. The SMILES string of the molecule is CC(NC(=O)c1cccc(N2C(=O)CCC2=O)c1)c1ccc(F)cc1. The Morgan fingerprint density at radius 2 is 1.72 bits per heavy atom. The van der Waals surface area contributed by atoms with E-state index >= 15 is 0 Å². The summed E-state index contributed by atoms with van der Waals surface area (Å²) in [5.74, 6) is -1.20. The molecule has 0 bridgehead atoms. The van der Waals surface area contributed by atoms with Crippen LogP contribution in [0, 0.1) is 5.82 Å². The molecule has 6 heteroatoms. The molecule has 1 unspecified atom stereocenters. The molecule has 1 heterocycles. The maximum absolute atomic E-state index is 13.0. The molecular weight excluding hydrogens is 323 g/mol. The third-order valence-corrected chi connectivity index (χ3v) is 4.14. The number of hydrogen-bond acceptors (Lipinski definition) is 3. The largest absolute Gasteiger partial charge is 0.346 e. The number of nitrogens with zero attached hydrogens (tertiary/aromatic N) is 1. The van der Waals surface area contributed by atoms with Gasteiger partial charge in [0.25, 0.3) is 5.91 Å². The Morgan fingerprint density at radius 1 is 1.08 bits per heavy atom. The zero-order valence-corrected chi connectivity index (χ0v) is 13.7. The van der Waals surface area contributed by atoms with Crippen LogP contribution in [-0.4, -0.2) is 17.7 Å². The van der Waals surface area contributed by atoms with Gasteiger partial charge in [0, 0.05) is 18.4 Å². The summed E-state index contributed by atoms with van der Waals surface area (Å²) in [7, 11) is 0. The zero-order valence-electron chi connectivity index (χ0n) is 13.7. The van der Waals surface area contributed by atoms with E-state index in [0.29, 0.717) is 11.3 Å². The van der Waals surface area contributed by atoms with Crippen molar-refractivity contribution in [3.8, 4) is 0 Å². The van der Waals surface area contributed by atoms with Crippen LogP contribution < -0.4 is 10.2 Å². The van der Waals surface area contributed by atoms with E-state index in [2.05, 4.69) is 5.32 Å². The number of hydrogen-bond donors (Lipinski definition) is 1.